The molecule has 96 valence electrons. The molecule has 0 atom stereocenters. The molecule has 0 radical (unpaired) electrons. The third-order valence-corrected chi connectivity index (χ3v) is 2.63. The van der Waals surface area contributed by atoms with Gasteiger partial charge < -0.3 is 15.1 Å². The zero-order valence-corrected chi connectivity index (χ0v) is 10.3. The molecule has 0 aliphatic carbocycles. The van der Waals surface area contributed by atoms with E-state index in [9.17, 15) is 4.79 Å². The minimum Gasteiger partial charge on any atom is -0.481 e. The second kappa shape index (κ2) is 10.9. The van der Waals surface area contributed by atoms with Gasteiger partial charge in [0.15, 0.2) is 0 Å². The van der Waals surface area contributed by atoms with Gasteiger partial charge in [0.1, 0.15) is 0 Å². The zero-order valence-electron chi connectivity index (χ0n) is 10.3. The molecule has 0 heterocycles. The maximum absolute atomic E-state index is 10.3. The van der Waals surface area contributed by atoms with E-state index in [1.807, 2.05) is 0 Å². The van der Waals surface area contributed by atoms with E-state index >= 15 is 0 Å². The van der Waals surface area contributed by atoms with E-state index in [-0.39, 0.29) is 0 Å². The van der Waals surface area contributed by atoms with Crippen LogP contribution >= 0.6 is 0 Å². The molecule has 4 heteroatoms. The summed E-state index contributed by atoms with van der Waals surface area (Å²) in [5, 5.41) is 17.1. The molecule has 0 bridgehead atoms. The lowest BCUT2D eigenvalue weighted by molar-refractivity contribution is -0.137. The first-order valence-corrected chi connectivity index (χ1v) is 6.18. The van der Waals surface area contributed by atoms with Crippen LogP contribution in [0.2, 0.25) is 0 Å². The molecule has 0 amide bonds. The normalized spacial score (nSPS) is 10.9. The SMILES string of the molecule is CN(CCCCCO)CCCCCC(=O)O. The lowest BCUT2D eigenvalue weighted by atomic mass is 10.2. The van der Waals surface area contributed by atoms with Gasteiger partial charge in [0, 0.05) is 13.0 Å². The van der Waals surface area contributed by atoms with Gasteiger partial charge in [-0.1, -0.05) is 6.42 Å². The fourth-order valence-corrected chi connectivity index (χ4v) is 1.62. The molecule has 0 unspecified atom stereocenters. The minimum absolute atomic E-state index is 0.291. The highest BCUT2D eigenvalue weighted by atomic mass is 16.4. The van der Waals surface area contributed by atoms with Crippen LogP contribution in [0.25, 0.3) is 0 Å². The third kappa shape index (κ3) is 11.5. The molecule has 0 saturated carbocycles. The van der Waals surface area contributed by atoms with E-state index in [0.717, 1.165) is 51.6 Å². The summed E-state index contributed by atoms with van der Waals surface area (Å²) in [4.78, 5) is 12.5. The van der Waals surface area contributed by atoms with Crippen LogP contribution in [-0.2, 0) is 4.79 Å². The van der Waals surface area contributed by atoms with Crippen molar-refractivity contribution in [2.75, 3.05) is 26.7 Å². The van der Waals surface area contributed by atoms with Gasteiger partial charge >= 0.3 is 5.97 Å². The molecule has 0 aromatic rings. The Morgan fingerprint density at radius 2 is 1.56 bits per heavy atom. The second-order valence-electron chi connectivity index (χ2n) is 4.29. The molecule has 0 fully saturated rings. The Labute approximate surface area is 98.3 Å². The van der Waals surface area contributed by atoms with Gasteiger partial charge in [0.2, 0.25) is 0 Å². The second-order valence-corrected chi connectivity index (χ2v) is 4.29. The van der Waals surface area contributed by atoms with Gasteiger partial charge in [0.05, 0.1) is 0 Å². The van der Waals surface area contributed by atoms with E-state index < -0.39 is 5.97 Å². The summed E-state index contributed by atoms with van der Waals surface area (Å²) in [5.74, 6) is -0.697. The van der Waals surface area contributed by atoms with E-state index in [1.54, 1.807) is 0 Å². The molecule has 0 aromatic heterocycles. The van der Waals surface area contributed by atoms with Gasteiger partial charge in [-0.05, 0) is 52.2 Å². The largest absolute Gasteiger partial charge is 0.481 e. The average Bonchev–Trinajstić information content (AvgIpc) is 2.23. The Bertz CT molecular complexity index is 174. The number of carboxylic acid groups (broad SMARTS) is 1. The number of aliphatic carboxylic acids is 1. The fourth-order valence-electron chi connectivity index (χ4n) is 1.62. The Kier molecular flexibility index (Phi) is 10.5. The minimum atomic E-state index is -0.697. The maximum atomic E-state index is 10.3. The van der Waals surface area contributed by atoms with Crippen LogP contribution in [0.4, 0.5) is 0 Å². The molecule has 0 aromatic carbocycles. The van der Waals surface area contributed by atoms with Crippen molar-refractivity contribution in [2.45, 2.75) is 44.9 Å². The summed E-state index contributed by atoms with van der Waals surface area (Å²) in [6.07, 6.45) is 6.25. The lowest BCUT2D eigenvalue weighted by Crippen LogP contribution is -2.21. The molecule has 0 spiro atoms. The van der Waals surface area contributed by atoms with Crippen LogP contribution in [0.3, 0.4) is 0 Å². The number of aliphatic hydroxyl groups is 1. The fraction of sp³-hybridized carbons (Fsp3) is 0.917. The van der Waals surface area contributed by atoms with Crippen molar-refractivity contribution in [3.63, 3.8) is 0 Å². The van der Waals surface area contributed by atoms with Gasteiger partial charge in [0.25, 0.3) is 0 Å². The topological polar surface area (TPSA) is 60.8 Å². The van der Waals surface area contributed by atoms with E-state index in [2.05, 4.69) is 11.9 Å². The predicted octanol–water partition coefficient (Wildman–Crippen LogP) is 1.73. The Balaban J connectivity index is 3.17. The highest BCUT2D eigenvalue weighted by molar-refractivity contribution is 5.66. The molecular formula is C12H25NO3. The van der Waals surface area contributed by atoms with Crippen molar-refractivity contribution < 1.29 is 15.0 Å². The van der Waals surface area contributed by atoms with Crippen LogP contribution < -0.4 is 0 Å². The Morgan fingerprint density at radius 3 is 2.06 bits per heavy atom. The zero-order chi connectivity index (χ0) is 12.2. The van der Waals surface area contributed by atoms with Gasteiger partial charge in [-0.15, -0.1) is 0 Å². The summed E-state index contributed by atoms with van der Waals surface area (Å²) in [6, 6.07) is 0. The number of hydrogen-bond acceptors (Lipinski definition) is 3. The number of unbranched alkanes of at least 4 members (excludes halogenated alkanes) is 4. The van der Waals surface area contributed by atoms with E-state index in [0.29, 0.717) is 13.0 Å². The third-order valence-electron chi connectivity index (χ3n) is 2.63. The number of aliphatic hydroxyl groups excluding tert-OH is 1. The monoisotopic (exact) mass is 231 g/mol. The molecular weight excluding hydrogens is 206 g/mol. The first-order chi connectivity index (χ1) is 7.66. The summed E-state index contributed by atoms with van der Waals surface area (Å²) >= 11 is 0. The number of carboxylic acids is 1. The van der Waals surface area contributed by atoms with Crippen molar-refractivity contribution in [3.8, 4) is 0 Å². The van der Waals surface area contributed by atoms with E-state index in [1.165, 1.54) is 0 Å². The van der Waals surface area contributed by atoms with Crippen molar-refractivity contribution in [1.82, 2.24) is 4.90 Å². The lowest BCUT2D eigenvalue weighted by Gasteiger charge is -2.15. The van der Waals surface area contributed by atoms with Crippen molar-refractivity contribution >= 4 is 5.97 Å². The van der Waals surface area contributed by atoms with Crippen LogP contribution in [-0.4, -0.2) is 47.8 Å². The Hall–Kier alpha value is -0.610. The summed E-state index contributed by atoms with van der Waals surface area (Å²) in [7, 11) is 2.09. The molecule has 16 heavy (non-hydrogen) atoms. The Morgan fingerprint density at radius 1 is 1.00 bits per heavy atom. The quantitative estimate of drug-likeness (QED) is 0.532. The first kappa shape index (κ1) is 15.4. The molecule has 0 rings (SSSR count). The number of rotatable bonds is 11. The van der Waals surface area contributed by atoms with Gasteiger partial charge in [-0.25, -0.2) is 0 Å². The molecule has 0 aliphatic heterocycles. The first-order valence-electron chi connectivity index (χ1n) is 6.18. The average molecular weight is 231 g/mol. The number of carbonyl (C=O) groups is 1. The summed E-state index contributed by atoms with van der Waals surface area (Å²) in [6.45, 7) is 2.40. The summed E-state index contributed by atoms with van der Waals surface area (Å²) in [5.41, 5.74) is 0. The highest BCUT2D eigenvalue weighted by Gasteiger charge is 1.99. The molecule has 0 saturated heterocycles. The number of hydrogen-bond donors (Lipinski definition) is 2. The van der Waals surface area contributed by atoms with E-state index in [4.69, 9.17) is 10.2 Å². The summed E-state index contributed by atoms with van der Waals surface area (Å²) < 4.78 is 0. The molecule has 4 nitrogen and oxygen atoms in total. The van der Waals surface area contributed by atoms with Crippen LogP contribution in [0.1, 0.15) is 44.9 Å². The van der Waals surface area contributed by atoms with Crippen LogP contribution in [0.5, 0.6) is 0 Å². The molecule has 0 aliphatic rings. The standard InChI is InChI=1S/C12H25NO3/c1-13(10-6-3-7-11-14)9-5-2-4-8-12(15)16/h14H,2-11H2,1H3,(H,15,16). The van der Waals surface area contributed by atoms with Crippen molar-refractivity contribution in [3.05, 3.63) is 0 Å². The predicted molar refractivity (Wildman–Crippen MR) is 64.5 cm³/mol. The van der Waals surface area contributed by atoms with Crippen LogP contribution in [0, 0.1) is 0 Å². The maximum Gasteiger partial charge on any atom is 0.303 e. The smallest absolute Gasteiger partial charge is 0.303 e. The number of nitrogens with zero attached hydrogens (tertiary/aromatic N) is 1. The van der Waals surface area contributed by atoms with Crippen molar-refractivity contribution in [2.24, 2.45) is 0 Å². The van der Waals surface area contributed by atoms with Crippen molar-refractivity contribution in [1.29, 1.82) is 0 Å². The van der Waals surface area contributed by atoms with Gasteiger partial charge in [-0.3, -0.25) is 4.79 Å². The van der Waals surface area contributed by atoms with Gasteiger partial charge in [-0.2, -0.15) is 0 Å². The van der Waals surface area contributed by atoms with Crippen LogP contribution in [0.15, 0.2) is 0 Å². The highest BCUT2D eigenvalue weighted by Crippen LogP contribution is 2.02. The molecule has 2 N–H and O–H groups in total.